The molecule has 2 heterocycles. The Hall–Kier alpha value is -3.88. The molecule has 2 aliphatic heterocycles. The van der Waals surface area contributed by atoms with E-state index in [9.17, 15) is 19.2 Å². The Kier molecular flexibility index (Phi) is 5.81. The van der Waals surface area contributed by atoms with E-state index in [1.807, 2.05) is 0 Å². The number of anilines is 1. The molecule has 9 nitrogen and oxygen atoms in total. The van der Waals surface area contributed by atoms with Gasteiger partial charge in [-0.15, -0.1) is 0 Å². The molecule has 0 saturated heterocycles. The number of amides is 3. The summed E-state index contributed by atoms with van der Waals surface area (Å²) in [6.07, 6.45) is 0.761. The van der Waals surface area contributed by atoms with Gasteiger partial charge in [-0.2, -0.15) is 0 Å². The van der Waals surface area contributed by atoms with Gasteiger partial charge in [0.25, 0.3) is 17.7 Å². The summed E-state index contributed by atoms with van der Waals surface area (Å²) >= 11 is 0. The second-order valence-corrected chi connectivity index (χ2v) is 7.57. The van der Waals surface area contributed by atoms with E-state index in [0.29, 0.717) is 30.4 Å². The molecule has 0 spiro atoms. The summed E-state index contributed by atoms with van der Waals surface area (Å²) in [5, 5.41) is 2.62. The quantitative estimate of drug-likeness (QED) is 0.563. The van der Waals surface area contributed by atoms with Gasteiger partial charge in [-0.3, -0.25) is 19.3 Å². The van der Waals surface area contributed by atoms with Crippen LogP contribution in [0.2, 0.25) is 0 Å². The zero-order chi connectivity index (χ0) is 22.8. The summed E-state index contributed by atoms with van der Waals surface area (Å²) < 4.78 is 16.2. The standard InChI is InChI=1S/C23H22N2O7/c1-13-4-6-16-17(10-13)22(28)25(21(16)27)14(2)23(29)32-12-20(26)24-15-5-7-18-19(11-15)31-9-3-8-30-18/h4-7,10-11,14H,3,8-9,12H2,1-2H3,(H,24,26). The molecule has 1 atom stereocenters. The maximum atomic E-state index is 12.6. The van der Waals surface area contributed by atoms with Crippen molar-refractivity contribution in [3.8, 4) is 11.5 Å². The van der Waals surface area contributed by atoms with Crippen LogP contribution in [0.5, 0.6) is 11.5 Å². The topological polar surface area (TPSA) is 111 Å². The van der Waals surface area contributed by atoms with Crippen LogP contribution in [0.1, 0.15) is 39.6 Å². The number of benzene rings is 2. The number of carbonyl (C=O) groups is 4. The van der Waals surface area contributed by atoms with Crippen molar-refractivity contribution in [1.82, 2.24) is 4.90 Å². The lowest BCUT2D eigenvalue weighted by atomic mass is 10.1. The average Bonchev–Trinajstić information content (AvgIpc) is 2.91. The second kappa shape index (κ2) is 8.70. The molecule has 9 heteroatoms. The molecule has 1 unspecified atom stereocenters. The highest BCUT2D eigenvalue weighted by Gasteiger charge is 2.41. The van der Waals surface area contributed by atoms with Crippen molar-refractivity contribution in [2.45, 2.75) is 26.3 Å². The lowest BCUT2D eigenvalue weighted by molar-refractivity contribution is -0.150. The number of nitrogens with one attached hydrogen (secondary N) is 1. The minimum Gasteiger partial charge on any atom is -0.490 e. The number of aryl methyl sites for hydroxylation is 1. The SMILES string of the molecule is Cc1ccc2c(c1)C(=O)N(C(C)C(=O)OCC(=O)Nc1ccc3c(c1)OCCCO3)C2=O. The number of hydrogen-bond donors (Lipinski definition) is 1. The number of esters is 1. The molecule has 0 aromatic heterocycles. The fraction of sp³-hybridized carbons (Fsp3) is 0.304. The molecule has 0 radical (unpaired) electrons. The number of rotatable bonds is 5. The minimum atomic E-state index is -1.17. The molecule has 1 N–H and O–H groups in total. The summed E-state index contributed by atoms with van der Waals surface area (Å²) in [7, 11) is 0. The monoisotopic (exact) mass is 438 g/mol. The van der Waals surface area contributed by atoms with E-state index in [1.54, 1.807) is 43.3 Å². The molecule has 4 rings (SSSR count). The molecule has 2 aliphatic rings. The fourth-order valence-corrected chi connectivity index (χ4v) is 3.53. The van der Waals surface area contributed by atoms with Crippen molar-refractivity contribution >= 4 is 29.4 Å². The largest absolute Gasteiger partial charge is 0.490 e. The van der Waals surface area contributed by atoms with Gasteiger partial charge in [0.2, 0.25) is 0 Å². The zero-order valence-corrected chi connectivity index (χ0v) is 17.7. The van der Waals surface area contributed by atoms with Crippen molar-refractivity contribution < 1.29 is 33.4 Å². The first-order chi connectivity index (χ1) is 15.3. The maximum Gasteiger partial charge on any atom is 0.329 e. The van der Waals surface area contributed by atoms with Crippen LogP contribution < -0.4 is 14.8 Å². The fourth-order valence-electron chi connectivity index (χ4n) is 3.53. The van der Waals surface area contributed by atoms with Crippen LogP contribution in [0.3, 0.4) is 0 Å². The van der Waals surface area contributed by atoms with E-state index in [0.717, 1.165) is 16.9 Å². The third-order valence-corrected chi connectivity index (χ3v) is 5.18. The second-order valence-electron chi connectivity index (χ2n) is 7.57. The van der Waals surface area contributed by atoms with E-state index in [1.165, 1.54) is 6.92 Å². The van der Waals surface area contributed by atoms with Gasteiger partial charge in [0.15, 0.2) is 18.1 Å². The van der Waals surface area contributed by atoms with Gasteiger partial charge in [0, 0.05) is 18.2 Å². The van der Waals surface area contributed by atoms with Gasteiger partial charge in [-0.1, -0.05) is 11.6 Å². The Morgan fingerprint density at radius 1 is 1.03 bits per heavy atom. The Bertz CT molecular complexity index is 1110. The first kappa shape index (κ1) is 21.4. The summed E-state index contributed by atoms with van der Waals surface area (Å²) in [6.45, 7) is 3.69. The van der Waals surface area contributed by atoms with Gasteiger partial charge >= 0.3 is 5.97 Å². The van der Waals surface area contributed by atoms with Crippen molar-refractivity contribution in [2.24, 2.45) is 0 Å². The van der Waals surface area contributed by atoms with Gasteiger partial charge in [0.05, 0.1) is 24.3 Å². The number of nitrogens with zero attached hydrogens (tertiary/aromatic N) is 1. The first-order valence-corrected chi connectivity index (χ1v) is 10.2. The summed E-state index contributed by atoms with van der Waals surface area (Å²) in [6, 6.07) is 8.69. The highest BCUT2D eigenvalue weighted by Crippen LogP contribution is 2.32. The third-order valence-electron chi connectivity index (χ3n) is 5.18. The normalized spacial score (nSPS) is 15.6. The number of ether oxygens (including phenoxy) is 3. The van der Waals surface area contributed by atoms with Crippen LogP contribution >= 0.6 is 0 Å². The summed E-state index contributed by atoms with van der Waals surface area (Å²) in [5.41, 5.74) is 1.78. The highest BCUT2D eigenvalue weighted by molar-refractivity contribution is 6.22. The Labute approximate surface area is 184 Å². The predicted molar refractivity (Wildman–Crippen MR) is 113 cm³/mol. The number of carbonyl (C=O) groups excluding carboxylic acids is 4. The zero-order valence-electron chi connectivity index (χ0n) is 17.7. The predicted octanol–water partition coefficient (Wildman–Crippen LogP) is 2.32. The molecule has 0 bridgehead atoms. The van der Waals surface area contributed by atoms with Crippen molar-refractivity contribution in [3.05, 3.63) is 53.1 Å². The van der Waals surface area contributed by atoms with E-state index in [2.05, 4.69) is 5.32 Å². The molecule has 0 saturated carbocycles. The molecule has 0 fully saturated rings. The van der Waals surface area contributed by atoms with Crippen molar-refractivity contribution in [2.75, 3.05) is 25.1 Å². The molecule has 0 aliphatic carbocycles. The molecular weight excluding hydrogens is 416 g/mol. The minimum absolute atomic E-state index is 0.243. The van der Waals surface area contributed by atoms with E-state index >= 15 is 0 Å². The molecule has 2 aromatic rings. The van der Waals surface area contributed by atoms with Crippen LogP contribution in [0, 0.1) is 6.92 Å². The number of hydrogen-bond acceptors (Lipinski definition) is 7. The lowest BCUT2D eigenvalue weighted by Crippen LogP contribution is -2.44. The molecule has 32 heavy (non-hydrogen) atoms. The Balaban J connectivity index is 1.34. The van der Waals surface area contributed by atoms with Crippen molar-refractivity contribution in [1.29, 1.82) is 0 Å². The summed E-state index contributed by atoms with van der Waals surface area (Å²) in [5.74, 6) is -1.44. The van der Waals surface area contributed by atoms with E-state index in [-0.39, 0.29) is 11.1 Å². The van der Waals surface area contributed by atoms with Crippen LogP contribution in [0.4, 0.5) is 5.69 Å². The molecule has 2 aromatic carbocycles. The molecular formula is C23H22N2O7. The number of imide groups is 1. The van der Waals surface area contributed by atoms with Crippen LogP contribution in [0.25, 0.3) is 0 Å². The van der Waals surface area contributed by atoms with E-state index in [4.69, 9.17) is 14.2 Å². The molecule has 3 amide bonds. The van der Waals surface area contributed by atoms with Crippen LogP contribution in [0.15, 0.2) is 36.4 Å². The van der Waals surface area contributed by atoms with E-state index < -0.39 is 36.3 Å². The number of fused-ring (bicyclic) bond motifs is 2. The van der Waals surface area contributed by atoms with Crippen LogP contribution in [-0.4, -0.2) is 54.5 Å². The lowest BCUT2D eigenvalue weighted by Gasteiger charge is -2.20. The van der Waals surface area contributed by atoms with Crippen LogP contribution in [-0.2, 0) is 14.3 Å². The first-order valence-electron chi connectivity index (χ1n) is 10.2. The average molecular weight is 438 g/mol. The van der Waals surface area contributed by atoms with Gasteiger partial charge in [-0.25, -0.2) is 4.79 Å². The Morgan fingerprint density at radius 2 is 1.75 bits per heavy atom. The highest BCUT2D eigenvalue weighted by atomic mass is 16.5. The van der Waals surface area contributed by atoms with Gasteiger partial charge < -0.3 is 19.5 Å². The van der Waals surface area contributed by atoms with Gasteiger partial charge in [0.1, 0.15) is 6.04 Å². The molecule has 166 valence electrons. The third kappa shape index (κ3) is 4.14. The smallest absolute Gasteiger partial charge is 0.329 e. The Morgan fingerprint density at radius 3 is 2.53 bits per heavy atom. The van der Waals surface area contributed by atoms with Crippen molar-refractivity contribution in [3.63, 3.8) is 0 Å². The maximum absolute atomic E-state index is 12.6. The van der Waals surface area contributed by atoms with Gasteiger partial charge in [-0.05, 0) is 38.1 Å². The summed E-state index contributed by atoms with van der Waals surface area (Å²) in [4.78, 5) is 50.7.